The number of ether oxygens (including phenoxy) is 1. The van der Waals surface area contributed by atoms with E-state index >= 15 is 0 Å². The quantitative estimate of drug-likeness (QED) is 0.359. The van der Waals surface area contributed by atoms with Crippen LogP contribution in [0.4, 0.5) is 10.5 Å². The number of aromatic hydroxyl groups is 1. The van der Waals surface area contributed by atoms with Crippen molar-refractivity contribution in [3.05, 3.63) is 57.6 Å². The molecule has 7 rings (SSSR count). The number of carbonyl (C=O) groups is 3. The summed E-state index contributed by atoms with van der Waals surface area (Å²) < 4.78 is 5.91. The number of amides is 4. The number of rotatable bonds is 5. The van der Waals surface area contributed by atoms with Crippen molar-refractivity contribution < 1.29 is 24.2 Å². The molecular weight excluding hydrogens is 536 g/mol. The van der Waals surface area contributed by atoms with Crippen LogP contribution >= 0.6 is 15.9 Å². The van der Waals surface area contributed by atoms with Crippen molar-refractivity contribution in [2.24, 2.45) is 17.8 Å². The van der Waals surface area contributed by atoms with Crippen LogP contribution in [0.5, 0.6) is 11.5 Å². The van der Waals surface area contributed by atoms with Crippen molar-refractivity contribution in [3.63, 3.8) is 0 Å². The number of phenolic OH excluding ortho intramolecular Hbond substituents is 1. The molecule has 0 unspecified atom stereocenters. The van der Waals surface area contributed by atoms with E-state index in [0.717, 1.165) is 22.7 Å². The van der Waals surface area contributed by atoms with Crippen LogP contribution in [0.2, 0.25) is 0 Å². The zero-order chi connectivity index (χ0) is 25.9. The topological polar surface area (TPSA) is 95.9 Å². The second kappa shape index (κ2) is 9.01. The zero-order valence-electron chi connectivity index (χ0n) is 20.6. The number of halogens is 1. The van der Waals surface area contributed by atoms with Crippen molar-refractivity contribution in [1.82, 2.24) is 5.32 Å². The van der Waals surface area contributed by atoms with E-state index in [4.69, 9.17) is 4.74 Å². The minimum atomic E-state index is -0.769. The molecule has 7 nitrogen and oxygen atoms in total. The number of imide groups is 2. The van der Waals surface area contributed by atoms with Gasteiger partial charge < -0.3 is 9.84 Å². The molecule has 0 atom stereocenters. The Labute approximate surface area is 224 Å². The van der Waals surface area contributed by atoms with Gasteiger partial charge in [0.25, 0.3) is 11.8 Å². The molecule has 192 valence electrons. The van der Waals surface area contributed by atoms with Crippen LogP contribution in [0.3, 0.4) is 0 Å². The van der Waals surface area contributed by atoms with Gasteiger partial charge in [-0.2, -0.15) is 0 Å². The lowest BCUT2D eigenvalue weighted by Gasteiger charge is -2.57. The molecule has 1 heterocycles. The van der Waals surface area contributed by atoms with E-state index in [2.05, 4.69) is 33.4 Å². The van der Waals surface area contributed by atoms with Gasteiger partial charge in [-0.15, -0.1) is 0 Å². The molecule has 4 saturated carbocycles. The molecule has 1 saturated heterocycles. The second-order valence-electron chi connectivity index (χ2n) is 11.0. The van der Waals surface area contributed by atoms with Gasteiger partial charge in [-0.1, -0.05) is 28.1 Å². The molecule has 2 aromatic rings. The first-order valence-electron chi connectivity index (χ1n) is 12.9. The molecule has 4 amide bonds. The Morgan fingerprint density at radius 1 is 1.05 bits per heavy atom. The standard InChI is InChI=1S/C29H29BrN2O5/c1-2-37-25-11-19(23(30)12-24(25)33)10-22-26(34)31-28(36)32(27(22)35)21-5-3-20(4-6-21)29-13-16-7-17(14-29)9-18(8-16)15-29/h3-6,10-12,16-18,33H,2,7-9,13-15H2,1H3,(H,31,34,36)/b22-10+. The molecule has 8 heteroatoms. The third-order valence-electron chi connectivity index (χ3n) is 8.56. The lowest BCUT2D eigenvalue weighted by Crippen LogP contribution is -2.54. The summed E-state index contributed by atoms with van der Waals surface area (Å²) in [6.45, 7) is 2.13. The maximum atomic E-state index is 13.4. The van der Waals surface area contributed by atoms with E-state index in [1.54, 1.807) is 6.92 Å². The van der Waals surface area contributed by atoms with E-state index < -0.39 is 17.8 Å². The van der Waals surface area contributed by atoms with Gasteiger partial charge in [0.1, 0.15) is 5.57 Å². The molecule has 0 radical (unpaired) electrons. The van der Waals surface area contributed by atoms with Crippen LogP contribution in [0.25, 0.3) is 6.08 Å². The van der Waals surface area contributed by atoms with Gasteiger partial charge in [-0.05, 0) is 110 Å². The summed E-state index contributed by atoms with van der Waals surface area (Å²) in [5.41, 5.74) is 2.22. The van der Waals surface area contributed by atoms with Crippen molar-refractivity contribution >= 4 is 45.5 Å². The number of nitrogens with one attached hydrogen (secondary N) is 1. The Bertz CT molecular complexity index is 1300. The van der Waals surface area contributed by atoms with Crippen LogP contribution in [-0.4, -0.2) is 29.6 Å². The van der Waals surface area contributed by atoms with Crippen molar-refractivity contribution in [2.75, 3.05) is 11.5 Å². The van der Waals surface area contributed by atoms with Crippen LogP contribution in [0.1, 0.15) is 56.6 Å². The van der Waals surface area contributed by atoms with Gasteiger partial charge in [0.2, 0.25) is 0 Å². The van der Waals surface area contributed by atoms with Crippen molar-refractivity contribution in [2.45, 2.75) is 50.9 Å². The van der Waals surface area contributed by atoms with Crippen LogP contribution in [-0.2, 0) is 15.0 Å². The van der Waals surface area contributed by atoms with Gasteiger partial charge in [0, 0.05) is 4.47 Å². The minimum Gasteiger partial charge on any atom is -0.504 e. The monoisotopic (exact) mass is 564 g/mol. The average Bonchev–Trinajstić information content (AvgIpc) is 2.84. The smallest absolute Gasteiger partial charge is 0.335 e. The van der Waals surface area contributed by atoms with Crippen LogP contribution in [0, 0.1) is 17.8 Å². The van der Waals surface area contributed by atoms with Gasteiger partial charge in [0.05, 0.1) is 12.3 Å². The zero-order valence-corrected chi connectivity index (χ0v) is 22.2. The first-order chi connectivity index (χ1) is 17.8. The number of hydrogen-bond acceptors (Lipinski definition) is 5. The third kappa shape index (κ3) is 4.15. The number of benzene rings is 2. The molecule has 37 heavy (non-hydrogen) atoms. The fraction of sp³-hybridized carbons (Fsp3) is 0.414. The lowest BCUT2D eigenvalue weighted by atomic mass is 9.48. The Kier molecular flexibility index (Phi) is 5.90. The highest BCUT2D eigenvalue weighted by atomic mass is 79.9. The molecule has 4 aliphatic carbocycles. The summed E-state index contributed by atoms with van der Waals surface area (Å²) in [6.07, 6.45) is 9.19. The first-order valence-corrected chi connectivity index (χ1v) is 13.7. The van der Waals surface area contributed by atoms with Gasteiger partial charge >= 0.3 is 6.03 Å². The number of carbonyl (C=O) groups excluding carboxylic acids is 3. The second-order valence-corrected chi connectivity index (χ2v) is 11.8. The normalized spacial score (nSPS) is 29.7. The Hall–Kier alpha value is -3.13. The molecule has 0 aromatic heterocycles. The van der Waals surface area contributed by atoms with Crippen molar-refractivity contribution in [3.8, 4) is 11.5 Å². The number of barbiturate groups is 1. The van der Waals surface area contributed by atoms with Crippen molar-refractivity contribution in [1.29, 1.82) is 0 Å². The predicted molar refractivity (Wildman–Crippen MR) is 142 cm³/mol. The summed E-state index contributed by atoms with van der Waals surface area (Å²) in [7, 11) is 0. The molecule has 5 aliphatic rings. The maximum Gasteiger partial charge on any atom is 0.335 e. The summed E-state index contributed by atoms with van der Waals surface area (Å²) in [5.74, 6) is 1.16. The largest absolute Gasteiger partial charge is 0.504 e. The van der Waals surface area contributed by atoms with Crippen LogP contribution in [0.15, 0.2) is 46.4 Å². The van der Waals surface area contributed by atoms with E-state index in [1.165, 1.54) is 62.3 Å². The SMILES string of the molecule is CCOc1cc(/C=C2\C(=O)NC(=O)N(c3ccc(C45CC6CC(CC(C6)C4)C5)cc3)C2=O)c(Br)cc1O. The fourth-order valence-corrected chi connectivity index (χ4v) is 7.86. The Balaban J connectivity index is 1.30. The van der Waals surface area contributed by atoms with Gasteiger partial charge in [-0.3, -0.25) is 14.9 Å². The lowest BCUT2D eigenvalue weighted by molar-refractivity contribution is -0.122. The Morgan fingerprint density at radius 2 is 1.68 bits per heavy atom. The average molecular weight is 565 g/mol. The Morgan fingerprint density at radius 3 is 2.27 bits per heavy atom. The van der Waals surface area contributed by atoms with Gasteiger partial charge in [0.15, 0.2) is 11.5 Å². The van der Waals surface area contributed by atoms with Gasteiger partial charge in [-0.25, -0.2) is 9.69 Å². The molecule has 2 aromatic carbocycles. The minimum absolute atomic E-state index is 0.0637. The summed E-state index contributed by atoms with van der Waals surface area (Å²) >= 11 is 3.36. The van der Waals surface area contributed by atoms with E-state index in [1.807, 2.05) is 12.1 Å². The van der Waals surface area contributed by atoms with E-state index in [0.29, 0.717) is 22.3 Å². The molecule has 1 aliphatic heterocycles. The number of anilines is 1. The van der Waals surface area contributed by atoms with E-state index in [-0.39, 0.29) is 22.5 Å². The highest BCUT2D eigenvalue weighted by Crippen LogP contribution is 2.60. The van der Waals surface area contributed by atoms with E-state index in [9.17, 15) is 19.5 Å². The summed E-state index contributed by atoms with van der Waals surface area (Å²) in [4.78, 5) is 39.8. The first kappa shape index (κ1) is 24.2. The molecule has 2 N–H and O–H groups in total. The fourth-order valence-electron chi connectivity index (χ4n) is 7.42. The molecular formula is C29H29BrN2O5. The third-order valence-corrected chi connectivity index (χ3v) is 9.24. The molecule has 4 bridgehead atoms. The summed E-state index contributed by atoms with van der Waals surface area (Å²) in [6, 6.07) is 9.98. The molecule has 0 spiro atoms. The maximum absolute atomic E-state index is 13.4. The number of hydrogen-bond donors (Lipinski definition) is 2. The molecule has 5 fully saturated rings. The number of phenols is 1. The number of urea groups is 1. The highest BCUT2D eigenvalue weighted by molar-refractivity contribution is 9.10. The van der Waals surface area contributed by atoms with Crippen LogP contribution < -0.4 is 15.0 Å². The number of nitrogens with zero attached hydrogens (tertiary/aromatic N) is 1. The summed E-state index contributed by atoms with van der Waals surface area (Å²) in [5, 5.41) is 12.4. The highest BCUT2D eigenvalue weighted by Gasteiger charge is 2.51. The predicted octanol–water partition coefficient (Wildman–Crippen LogP) is 5.69.